The number of nitrogens with zero attached hydrogens (tertiary/aromatic N) is 1. The van der Waals surface area contributed by atoms with E-state index < -0.39 is 0 Å². The number of nitrogens with one attached hydrogen (secondary N) is 1. The van der Waals surface area contributed by atoms with E-state index in [-0.39, 0.29) is 11.7 Å². The summed E-state index contributed by atoms with van der Waals surface area (Å²) in [5.41, 5.74) is 10.1. The molecule has 4 N–H and O–H groups in total. The summed E-state index contributed by atoms with van der Waals surface area (Å²) in [4.78, 5) is 16.8. The first-order valence-corrected chi connectivity index (χ1v) is 8.76. The van der Waals surface area contributed by atoms with E-state index >= 15 is 0 Å². The molecule has 118 valence electrons. The molecule has 1 aliphatic rings. The number of carbonyl (C=O) groups excluding carboxylic acids is 1. The standard InChI is InChI=1S/C16H11BBrN3O2S/c17-8-4-6(5-9(18)14(8)22)3-7-12-10(20-15(7)23)1-2-11-13(12)21-16(19)24-11/h1-5,22H,17H2,(H2,19,21)(H,20,23)/b7-3-. The summed E-state index contributed by atoms with van der Waals surface area (Å²) in [6.45, 7) is 0. The molecule has 1 aliphatic heterocycles. The number of carbonyl (C=O) groups is 1. The van der Waals surface area contributed by atoms with Crippen molar-refractivity contribution in [3.8, 4) is 5.75 Å². The minimum Gasteiger partial charge on any atom is -0.507 e. The van der Waals surface area contributed by atoms with E-state index in [0.29, 0.717) is 15.2 Å². The second kappa shape index (κ2) is 5.36. The van der Waals surface area contributed by atoms with Crippen molar-refractivity contribution in [2.75, 3.05) is 11.1 Å². The van der Waals surface area contributed by atoms with E-state index in [0.717, 1.165) is 32.5 Å². The highest BCUT2D eigenvalue weighted by Crippen LogP contribution is 2.40. The molecule has 0 unspecified atom stereocenters. The molecule has 2 aromatic carbocycles. The lowest BCUT2D eigenvalue weighted by atomic mass is 9.92. The van der Waals surface area contributed by atoms with Gasteiger partial charge in [-0.05, 0) is 51.2 Å². The number of fused-ring (bicyclic) bond motifs is 3. The molecule has 2 heterocycles. The molecule has 1 amide bonds. The van der Waals surface area contributed by atoms with Crippen molar-refractivity contribution in [3.05, 3.63) is 39.9 Å². The first-order chi connectivity index (χ1) is 11.4. The molecule has 8 heteroatoms. The van der Waals surface area contributed by atoms with Crippen LogP contribution in [0.5, 0.6) is 5.75 Å². The molecule has 5 nitrogen and oxygen atoms in total. The summed E-state index contributed by atoms with van der Waals surface area (Å²) in [7, 11) is 1.81. The van der Waals surface area contributed by atoms with E-state index in [9.17, 15) is 9.90 Å². The van der Waals surface area contributed by atoms with Crippen LogP contribution < -0.4 is 16.5 Å². The Morgan fingerprint density at radius 1 is 1.38 bits per heavy atom. The number of hydrogen-bond acceptors (Lipinski definition) is 5. The third kappa shape index (κ3) is 2.30. The number of amides is 1. The van der Waals surface area contributed by atoms with Crippen molar-refractivity contribution in [3.63, 3.8) is 0 Å². The van der Waals surface area contributed by atoms with Crippen LogP contribution in [0.2, 0.25) is 0 Å². The molecular formula is C16H11BBrN3O2S. The average molecular weight is 400 g/mol. The van der Waals surface area contributed by atoms with Gasteiger partial charge in [-0.1, -0.05) is 17.4 Å². The third-order valence-corrected chi connectivity index (χ3v) is 5.38. The number of nitrogen functional groups attached to an aromatic ring is 1. The van der Waals surface area contributed by atoms with Crippen LogP contribution in [-0.2, 0) is 4.79 Å². The van der Waals surface area contributed by atoms with Gasteiger partial charge in [-0.3, -0.25) is 4.79 Å². The molecule has 0 spiro atoms. The first kappa shape index (κ1) is 15.2. The Morgan fingerprint density at radius 3 is 2.92 bits per heavy atom. The van der Waals surface area contributed by atoms with Gasteiger partial charge in [0, 0.05) is 5.56 Å². The second-order valence-corrected chi connectivity index (χ2v) is 7.48. The number of phenolic OH excluding ortho intramolecular Hbond substituents is 1. The predicted octanol–water partition coefficient (Wildman–Crippen LogP) is 2.10. The molecular weight excluding hydrogens is 389 g/mol. The smallest absolute Gasteiger partial charge is 0.256 e. The minimum absolute atomic E-state index is 0.175. The van der Waals surface area contributed by atoms with Crippen molar-refractivity contribution in [2.24, 2.45) is 0 Å². The third-order valence-electron chi connectivity index (χ3n) is 3.93. The Labute approximate surface area is 150 Å². The topological polar surface area (TPSA) is 88.2 Å². The van der Waals surface area contributed by atoms with Crippen molar-refractivity contribution in [2.45, 2.75) is 0 Å². The van der Waals surface area contributed by atoms with Gasteiger partial charge in [-0.15, -0.1) is 0 Å². The van der Waals surface area contributed by atoms with Crippen LogP contribution in [0.25, 0.3) is 21.9 Å². The molecule has 0 radical (unpaired) electrons. The van der Waals surface area contributed by atoms with Crippen LogP contribution in [0.4, 0.5) is 10.8 Å². The summed E-state index contributed by atoms with van der Waals surface area (Å²) in [6, 6.07) is 7.38. The van der Waals surface area contributed by atoms with Crippen LogP contribution in [-0.4, -0.2) is 23.8 Å². The molecule has 0 saturated heterocycles. The Morgan fingerprint density at radius 2 is 2.17 bits per heavy atom. The van der Waals surface area contributed by atoms with Gasteiger partial charge in [0.1, 0.15) is 13.6 Å². The van der Waals surface area contributed by atoms with Gasteiger partial charge in [0.05, 0.1) is 25.9 Å². The van der Waals surface area contributed by atoms with Crippen molar-refractivity contribution < 1.29 is 9.90 Å². The molecule has 4 rings (SSSR count). The number of aromatic hydroxyl groups is 1. The number of nitrogens with two attached hydrogens (primary N) is 1. The van der Waals surface area contributed by atoms with Crippen LogP contribution >= 0.6 is 27.3 Å². The number of rotatable bonds is 1. The summed E-state index contributed by atoms with van der Waals surface area (Å²) < 4.78 is 1.53. The Balaban J connectivity index is 1.95. The zero-order valence-electron chi connectivity index (χ0n) is 12.6. The number of phenols is 1. The van der Waals surface area contributed by atoms with Gasteiger partial charge in [0.15, 0.2) is 5.13 Å². The Hall–Kier alpha value is -2.32. The minimum atomic E-state index is -0.175. The number of hydrogen-bond donors (Lipinski definition) is 3. The fourth-order valence-electron chi connectivity index (χ4n) is 2.84. The van der Waals surface area contributed by atoms with Gasteiger partial charge in [-0.25, -0.2) is 4.98 Å². The highest BCUT2D eigenvalue weighted by Gasteiger charge is 2.27. The fraction of sp³-hybridized carbons (Fsp3) is 0. The van der Waals surface area contributed by atoms with Gasteiger partial charge < -0.3 is 16.2 Å². The van der Waals surface area contributed by atoms with Gasteiger partial charge in [-0.2, -0.15) is 0 Å². The molecule has 1 aromatic heterocycles. The Kier molecular flexibility index (Phi) is 3.40. The maximum atomic E-state index is 12.4. The molecule has 0 bridgehead atoms. The van der Waals surface area contributed by atoms with Gasteiger partial charge >= 0.3 is 0 Å². The van der Waals surface area contributed by atoms with Crippen LogP contribution in [0.1, 0.15) is 11.1 Å². The van der Waals surface area contributed by atoms with E-state index in [1.165, 1.54) is 11.3 Å². The maximum Gasteiger partial charge on any atom is 0.256 e. The molecule has 0 aliphatic carbocycles. The molecule has 0 atom stereocenters. The number of aromatic nitrogens is 1. The number of anilines is 2. The lowest BCUT2D eigenvalue weighted by molar-refractivity contribution is -0.110. The molecule has 3 aromatic rings. The van der Waals surface area contributed by atoms with Crippen LogP contribution in [0, 0.1) is 0 Å². The zero-order chi connectivity index (χ0) is 17.0. The summed E-state index contributed by atoms with van der Waals surface area (Å²) in [5.74, 6) is 0.0222. The fourth-order valence-corrected chi connectivity index (χ4v) is 4.16. The largest absolute Gasteiger partial charge is 0.507 e. The van der Waals surface area contributed by atoms with Gasteiger partial charge in [0.2, 0.25) is 0 Å². The SMILES string of the molecule is Bc1cc(/C=C2\C(=O)Nc3ccc4sc(N)nc4c32)cc(Br)c1O. The number of thiazole rings is 1. The summed E-state index contributed by atoms with van der Waals surface area (Å²) in [6.07, 6.45) is 1.80. The lowest BCUT2D eigenvalue weighted by Crippen LogP contribution is -2.05. The summed E-state index contributed by atoms with van der Waals surface area (Å²) in [5, 5.41) is 13.2. The molecule has 0 saturated carbocycles. The normalized spacial score (nSPS) is 15.0. The first-order valence-electron chi connectivity index (χ1n) is 7.15. The Bertz CT molecular complexity index is 1040. The van der Waals surface area contributed by atoms with E-state index in [4.69, 9.17) is 5.73 Å². The zero-order valence-corrected chi connectivity index (χ0v) is 15.0. The predicted molar refractivity (Wildman–Crippen MR) is 105 cm³/mol. The highest BCUT2D eigenvalue weighted by atomic mass is 79.9. The van der Waals surface area contributed by atoms with E-state index in [1.807, 2.05) is 26.0 Å². The molecule has 0 fully saturated rings. The maximum absolute atomic E-state index is 12.4. The van der Waals surface area contributed by atoms with E-state index in [1.54, 1.807) is 12.1 Å². The van der Waals surface area contributed by atoms with Crippen molar-refractivity contribution in [1.29, 1.82) is 0 Å². The number of halogens is 1. The summed E-state index contributed by atoms with van der Waals surface area (Å²) >= 11 is 4.72. The highest BCUT2D eigenvalue weighted by molar-refractivity contribution is 9.10. The van der Waals surface area contributed by atoms with Crippen molar-refractivity contribution >= 4 is 79.2 Å². The lowest BCUT2D eigenvalue weighted by Gasteiger charge is -2.05. The van der Waals surface area contributed by atoms with Gasteiger partial charge in [0.25, 0.3) is 5.91 Å². The van der Waals surface area contributed by atoms with E-state index in [2.05, 4.69) is 26.2 Å². The second-order valence-electron chi connectivity index (χ2n) is 5.57. The number of benzene rings is 2. The van der Waals surface area contributed by atoms with Crippen LogP contribution in [0.3, 0.4) is 0 Å². The van der Waals surface area contributed by atoms with Crippen LogP contribution in [0.15, 0.2) is 28.7 Å². The quantitative estimate of drug-likeness (QED) is 0.432. The monoisotopic (exact) mass is 399 g/mol. The average Bonchev–Trinajstić information content (AvgIpc) is 3.04. The molecule has 24 heavy (non-hydrogen) atoms. The van der Waals surface area contributed by atoms with Crippen molar-refractivity contribution in [1.82, 2.24) is 4.98 Å².